The second-order valence-electron chi connectivity index (χ2n) is 3.92. The molecular formula is C10H22N2. The van der Waals surface area contributed by atoms with Gasteiger partial charge in [-0.05, 0) is 38.9 Å². The van der Waals surface area contributed by atoms with E-state index in [1.165, 1.54) is 25.7 Å². The lowest BCUT2D eigenvalue weighted by molar-refractivity contribution is 0.139. The van der Waals surface area contributed by atoms with Crippen LogP contribution in [-0.4, -0.2) is 31.1 Å². The fraction of sp³-hybridized carbons (Fsp3) is 1.00. The van der Waals surface area contributed by atoms with Gasteiger partial charge in [-0.2, -0.15) is 0 Å². The van der Waals surface area contributed by atoms with Crippen LogP contribution in [0.1, 0.15) is 32.6 Å². The topological polar surface area (TPSA) is 29.3 Å². The molecule has 0 spiro atoms. The minimum Gasteiger partial charge on any atom is -0.330 e. The van der Waals surface area contributed by atoms with Crippen molar-refractivity contribution < 1.29 is 0 Å². The van der Waals surface area contributed by atoms with E-state index in [9.17, 15) is 0 Å². The molecule has 2 atom stereocenters. The molecule has 1 aliphatic carbocycles. The molecular weight excluding hydrogens is 148 g/mol. The zero-order valence-corrected chi connectivity index (χ0v) is 8.42. The van der Waals surface area contributed by atoms with Crippen LogP contribution in [0.5, 0.6) is 0 Å². The Hall–Kier alpha value is -0.0800. The van der Waals surface area contributed by atoms with Gasteiger partial charge in [-0.15, -0.1) is 0 Å². The van der Waals surface area contributed by atoms with Crippen molar-refractivity contribution in [1.29, 1.82) is 0 Å². The van der Waals surface area contributed by atoms with Gasteiger partial charge in [0, 0.05) is 6.04 Å². The highest BCUT2D eigenvalue weighted by Gasteiger charge is 2.25. The van der Waals surface area contributed by atoms with Crippen LogP contribution < -0.4 is 5.73 Å². The van der Waals surface area contributed by atoms with Crippen molar-refractivity contribution >= 4 is 0 Å². The van der Waals surface area contributed by atoms with E-state index in [-0.39, 0.29) is 0 Å². The molecule has 0 bridgehead atoms. The number of hydrogen-bond donors (Lipinski definition) is 1. The first-order valence-corrected chi connectivity index (χ1v) is 5.20. The third-order valence-electron chi connectivity index (χ3n) is 3.24. The predicted molar refractivity (Wildman–Crippen MR) is 53.1 cm³/mol. The van der Waals surface area contributed by atoms with Crippen LogP contribution in [0.15, 0.2) is 0 Å². The van der Waals surface area contributed by atoms with Gasteiger partial charge >= 0.3 is 0 Å². The van der Waals surface area contributed by atoms with Gasteiger partial charge in [0.1, 0.15) is 0 Å². The minimum absolute atomic E-state index is 0.753. The van der Waals surface area contributed by atoms with Gasteiger partial charge in [0.25, 0.3) is 0 Å². The normalized spacial score (nSPS) is 31.0. The third-order valence-corrected chi connectivity index (χ3v) is 3.24. The van der Waals surface area contributed by atoms with Gasteiger partial charge in [-0.25, -0.2) is 0 Å². The van der Waals surface area contributed by atoms with Crippen molar-refractivity contribution in [3.8, 4) is 0 Å². The van der Waals surface area contributed by atoms with E-state index in [0.29, 0.717) is 0 Å². The highest BCUT2D eigenvalue weighted by molar-refractivity contribution is 4.81. The summed E-state index contributed by atoms with van der Waals surface area (Å²) in [6.45, 7) is 4.25. The van der Waals surface area contributed by atoms with Crippen LogP contribution in [0.3, 0.4) is 0 Å². The first-order valence-electron chi connectivity index (χ1n) is 5.20. The second-order valence-corrected chi connectivity index (χ2v) is 3.92. The number of nitrogens with two attached hydrogens (primary N) is 1. The zero-order valence-electron chi connectivity index (χ0n) is 8.42. The van der Waals surface area contributed by atoms with Crippen LogP contribution in [0.2, 0.25) is 0 Å². The molecule has 0 radical (unpaired) electrons. The van der Waals surface area contributed by atoms with Crippen molar-refractivity contribution in [2.45, 2.75) is 38.6 Å². The highest BCUT2D eigenvalue weighted by Crippen LogP contribution is 2.26. The summed E-state index contributed by atoms with van der Waals surface area (Å²) in [6.07, 6.45) is 5.47. The number of hydrogen-bond acceptors (Lipinski definition) is 2. The van der Waals surface area contributed by atoms with E-state index >= 15 is 0 Å². The van der Waals surface area contributed by atoms with Gasteiger partial charge < -0.3 is 10.6 Å². The lowest BCUT2D eigenvalue weighted by Crippen LogP contribution is -2.42. The molecule has 2 N–H and O–H groups in total. The Morgan fingerprint density at radius 2 is 2.00 bits per heavy atom. The highest BCUT2D eigenvalue weighted by atomic mass is 15.1. The maximum atomic E-state index is 5.76. The lowest BCUT2D eigenvalue weighted by atomic mass is 9.84. The molecule has 0 aromatic heterocycles. The average molecular weight is 170 g/mol. The largest absolute Gasteiger partial charge is 0.330 e. The van der Waals surface area contributed by atoms with Crippen LogP contribution >= 0.6 is 0 Å². The van der Waals surface area contributed by atoms with Crippen molar-refractivity contribution in [3.63, 3.8) is 0 Å². The first-order chi connectivity index (χ1) is 5.79. The Balaban J connectivity index is 2.46. The van der Waals surface area contributed by atoms with Gasteiger partial charge in [0.05, 0.1) is 0 Å². The minimum atomic E-state index is 0.753. The number of rotatable bonds is 3. The van der Waals surface area contributed by atoms with Crippen molar-refractivity contribution in [1.82, 2.24) is 4.90 Å². The summed E-state index contributed by atoms with van der Waals surface area (Å²) in [5.41, 5.74) is 5.76. The average Bonchev–Trinajstić information content (AvgIpc) is 2.16. The molecule has 0 saturated heterocycles. The molecule has 2 heteroatoms. The second kappa shape index (κ2) is 4.83. The van der Waals surface area contributed by atoms with E-state index in [1.807, 2.05) is 0 Å². The van der Waals surface area contributed by atoms with E-state index in [2.05, 4.69) is 18.9 Å². The summed E-state index contributed by atoms with van der Waals surface area (Å²) in [5, 5.41) is 0. The fourth-order valence-electron chi connectivity index (χ4n) is 2.28. The van der Waals surface area contributed by atoms with E-state index < -0.39 is 0 Å². The lowest BCUT2D eigenvalue weighted by Gasteiger charge is -2.36. The quantitative estimate of drug-likeness (QED) is 0.694. The van der Waals surface area contributed by atoms with Crippen molar-refractivity contribution in [2.75, 3.05) is 20.1 Å². The Morgan fingerprint density at radius 1 is 1.33 bits per heavy atom. The summed E-state index contributed by atoms with van der Waals surface area (Å²) < 4.78 is 0. The standard InChI is InChI=1S/C10H22N2/c1-3-12(2)10-7-5-4-6-9(10)8-11/h9-10H,3-8,11H2,1-2H3. The molecule has 0 heterocycles. The van der Waals surface area contributed by atoms with Crippen LogP contribution in [0, 0.1) is 5.92 Å². The molecule has 1 saturated carbocycles. The zero-order chi connectivity index (χ0) is 8.97. The molecule has 72 valence electrons. The maximum Gasteiger partial charge on any atom is 0.0132 e. The molecule has 12 heavy (non-hydrogen) atoms. The van der Waals surface area contributed by atoms with Gasteiger partial charge in [-0.1, -0.05) is 19.8 Å². The summed E-state index contributed by atoms with van der Waals surface area (Å²) in [5.74, 6) is 0.753. The third kappa shape index (κ3) is 2.20. The number of nitrogens with zero attached hydrogens (tertiary/aromatic N) is 1. The molecule has 2 unspecified atom stereocenters. The molecule has 0 aromatic carbocycles. The van der Waals surface area contributed by atoms with Crippen LogP contribution in [-0.2, 0) is 0 Å². The molecule has 1 rings (SSSR count). The van der Waals surface area contributed by atoms with Crippen molar-refractivity contribution in [3.05, 3.63) is 0 Å². The Bertz CT molecular complexity index is 125. The van der Waals surface area contributed by atoms with Gasteiger partial charge in [0.2, 0.25) is 0 Å². The monoisotopic (exact) mass is 170 g/mol. The molecule has 1 fully saturated rings. The Kier molecular flexibility index (Phi) is 4.02. The Labute approximate surface area is 76.1 Å². The van der Waals surface area contributed by atoms with Crippen LogP contribution in [0.25, 0.3) is 0 Å². The van der Waals surface area contributed by atoms with Gasteiger partial charge in [-0.3, -0.25) is 0 Å². The van der Waals surface area contributed by atoms with Gasteiger partial charge in [0.15, 0.2) is 0 Å². The summed E-state index contributed by atoms with van der Waals surface area (Å²) in [4.78, 5) is 2.46. The molecule has 0 amide bonds. The van der Waals surface area contributed by atoms with E-state index in [4.69, 9.17) is 5.73 Å². The van der Waals surface area contributed by atoms with E-state index in [1.54, 1.807) is 0 Å². The predicted octanol–water partition coefficient (Wildman–Crippen LogP) is 1.46. The SMILES string of the molecule is CCN(C)C1CCCCC1CN. The fourth-order valence-corrected chi connectivity index (χ4v) is 2.28. The summed E-state index contributed by atoms with van der Waals surface area (Å²) in [6, 6.07) is 0.758. The van der Waals surface area contributed by atoms with Crippen LogP contribution in [0.4, 0.5) is 0 Å². The smallest absolute Gasteiger partial charge is 0.0132 e. The maximum absolute atomic E-state index is 5.76. The van der Waals surface area contributed by atoms with E-state index in [0.717, 1.165) is 25.0 Å². The van der Waals surface area contributed by atoms with Crippen molar-refractivity contribution in [2.24, 2.45) is 11.7 Å². The molecule has 0 aromatic rings. The molecule has 1 aliphatic rings. The molecule has 2 nitrogen and oxygen atoms in total. The summed E-state index contributed by atoms with van der Waals surface area (Å²) >= 11 is 0. The molecule has 0 aliphatic heterocycles. The first kappa shape index (κ1) is 10.0. The summed E-state index contributed by atoms with van der Waals surface area (Å²) in [7, 11) is 2.22. The Morgan fingerprint density at radius 3 is 2.58 bits per heavy atom.